The Morgan fingerprint density at radius 3 is 2.25 bits per heavy atom. The maximum atomic E-state index is 13.2. The smallest absolute Gasteiger partial charge is 0.328 e. The topological polar surface area (TPSA) is 82.2 Å². The Morgan fingerprint density at radius 1 is 1.00 bits per heavy atom. The summed E-state index contributed by atoms with van der Waals surface area (Å²) in [6.45, 7) is 10.0. The summed E-state index contributed by atoms with van der Waals surface area (Å²) in [6, 6.07) is 7.34. The van der Waals surface area contributed by atoms with Gasteiger partial charge in [0.1, 0.15) is 6.04 Å². The highest BCUT2D eigenvalue weighted by molar-refractivity contribution is 5.86. The molecule has 1 aromatic rings. The standard InChI is InChI=1S/C24H36N4O4/c1-24(2,3)25-21(29)16-26-10-7-11-27(13-12-26)17-22(30)28-15-19-9-6-5-8-18(19)14-20(28)23(31)32-4/h5-6,8-9,20H,7,10-17H2,1-4H3,(H,25,29)/t20-/m0/s1. The van der Waals surface area contributed by atoms with Gasteiger partial charge >= 0.3 is 5.97 Å². The van der Waals surface area contributed by atoms with Crippen LogP contribution in [0.25, 0.3) is 0 Å². The van der Waals surface area contributed by atoms with Crippen molar-refractivity contribution in [2.75, 3.05) is 46.4 Å². The van der Waals surface area contributed by atoms with Crippen LogP contribution in [0.15, 0.2) is 24.3 Å². The molecule has 0 unspecified atom stereocenters. The van der Waals surface area contributed by atoms with Crippen LogP contribution in [0.5, 0.6) is 0 Å². The molecule has 1 fully saturated rings. The average Bonchev–Trinajstić information content (AvgIpc) is 2.95. The average molecular weight is 445 g/mol. The highest BCUT2D eigenvalue weighted by atomic mass is 16.5. The molecule has 0 radical (unpaired) electrons. The molecule has 0 aromatic heterocycles. The van der Waals surface area contributed by atoms with Crippen LogP contribution >= 0.6 is 0 Å². The fourth-order valence-corrected chi connectivity index (χ4v) is 4.42. The van der Waals surface area contributed by atoms with Gasteiger partial charge in [-0.05, 0) is 51.4 Å². The molecule has 0 spiro atoms. The maximum absolute atomic E-state index is 13.2. The van der Waals surface area contributed by atoms with Crippen molar-refractivity contribution in [3.05, 3.63) is 35.4 Å². The Hall–Kier alpha value is -2.45. The first-order chi connectivity index (χ1) is 15.2. The second kappa shape index (κ2) is 10.4. The molecule has 0 bridgehead atoms. The first kappa shape index (κ1) is 24.2. The van der Waals surface area contributed by atoms with E-state index in [-0.39, 0.29) is 29.9 Å². The van der Waals surface area contributed by atoms with Crippen molar-refractivity contribution in [1.82, 2.24) is 20.0 Å². The normalized spacial score (nSPS) is 20.2. The highest BCUT2D eigenvalue weighted by Crippen LogP contribution is 2.24. The molecule has 0 saturated carbocycles. The molecule has 32 heavy (non-hydrogen) atoms. The van der Waals surface area contributed by atoms with E-state index in [0.29, 0.717) is 26.1 Å². The van der Waals surface area contributed by atoms with Gasteiger partial charge in [0.05, 0.1) is 20.2 Å². The van der Waals surface area contributed by atoms with Gasteiger partial charge in [-0.2, -0.15) is 0 Å². The van der Waals surface area contributed by atoms with Gasteiger partial charge in [-0.15, -0.1) is 0 Å². The summed E-state index contributed by atoms with van der Waals surface area (Å²) >= 11 is 0. The minimum atomic E-state index is -0.591. The van der Waals surface area contributed by atoms with E-state index < -0.39 is 6.04 Å². The molecule has 0 aliphatic carbocycles. The molecule has 1 N–H and O–H groups in total. The largest absolute Gasteiger partial charge is 0.467 e. The first-order valence-corrected chi connectivity index (χ1v) is 11.4. The van der Waals surface area contributed by atoms with Crippen molar-refractivity contribution in [3.63, 3.8) is 0 Å². The molecule has 2 aliphatic rings. The summed E-state index contributed by atoms with van der Waals surface area (Å²) in [7, 11) is 1.37. The number of nitrogens with one attached hydrogen (secondary N) is 1. The van der Waals surface area contributed by atoms with Crippen LogP contribution in [0.1, 0.15) is 38.3 Å². The van der Waals surface area contributed by atoms with Crippen LogP contribution in [0.2, 0.25) is 0 Å². The quantitative estimate of drug-likeness (QED) is 0.684. The van der Waals surface area contributed by atoms with E-state index in [0.717, 1.165) is 37.2 Å². The third-order valence-electron chi connectivity index (χ3n) is 5.96. The molecule has 1 saturated heterocycles. The second-order valence-corrected chi connectivity index (χ2v) is 9.74. The number of hydrogen-bond donors (Lipinski definition) is 1. The van der Waals surface area contributed by atoms with Gasteiger partial charge in [-0.3, -0.25) is 19.4 Å². The van der Waals surface area contributed by atoms with Gasteiger partial charge in [0.15, 0.2) is 0 Å². The molecule has 2 amide bonds. The number of nitrogens with zero attached hydrogens (tertiary/aromatic N) is 3. The van der Waals surface area contributed by atoms with E-state index in [2.05, 4.69) is 15.1 Å². The lowest BCUT2D eigenvalue weighted by Crippen LogP contribution is -2.52. The number of methoxy groups -OCH3 is 1. The first-order valence-electron chi connectivity index (χ1n) is 11.4. The monoisotopic (exact) mass is 444 g/mol. The Labute approximate surface area is 190 Å². The second-order valence-electron chi connectivity index (χ2n) is 9.74. The van der Waals surface area contributed by atoms with Crippen LogP contribution in [-0.2, 0) is 32.1 Å². The molecule has 2 aliphatic heterocycles. The van der Waals surface area contributed by atoms with E-state index in [1.807, 2.05) is 45.0 Å². The van der Waals surface area contributed by atoms with Crippen LogP contribution < -0.4 is 5.32 Å². The highest BCUT2D eigenvalue weighted by Gasteiger charge is 2.35. The number of carbonyl (C=O) groups excluding carboxylic acids is 3. The van der Waals surface area contributed by atoms with Crippen LogP contribution in [0, 0.1) is 0 Å². The third kappa shape index (κ3) is 6.53. The van der Waals surface area contributed by atoms with Crippen LogP contribution in [-0.4, -0.2) is 90.4 Å². The van der Waals surface area contributed by atoms with E-state index in [9.17, 15) is 14.4 Å². The molecule has 2 heterocycles. The molecule has 8 nitrogen and oxygen atoms in total. The van der Waals surface area contributed by atoms with Crippen molar-refractivity contribution in [1.29, 1.82) is 0 Å². The number of hydrogen-bond acceptors (Lipinski definition) is 6. The summed E-state index contributed by atoms with van der Waals surface area (Å²) in [5.41, 5.74) is 1.92. The van der Waals surface area contributed by atoms with Crippen molar-refractivity contribution in [2.24, 2.45) is 0 Å². The fourth-order valence-electron chi connectivity index (χ4n) is 4.42. The summed E-state index contributed by atoms with van der Waals surface area (Å²) in [5.74, 6) is -0.413. The zero-order valence-corrected chi connectivity index (χ0v) is 19.7. The Bertz CT molecular complexity index is 836. The van der Waals surface area contributed by atoms with Gasteiger partial charge in [0.2, 0.25) is 11.8 Å². The van der Waals surface area contributed by atoms with Gasteiger partial charge < -0.3 is 15.0 Å². The van der Waals surface area contributed by atoms with Crippen molar-refractivity contribution < 1.29 is 19.1 Å². The van der Waals surface area contributed by atoms with Crippen molar-refractivity contribution in [2.45, 2.75) is 51.7 Å². The number of carbonyl (C=O) groups is 3. The number of fused-ring (bicyclic) bond motifs is 1. The molecule has 1 atom stereocenters. The molecule has 1 aromatic carbocycles. The third-order valence-corrected chi connectivity index (χ3v) is 5.96. The number of esters is 1. The summed E-state index contributed by atoms with van der Waals surface area (Å²) in [4.78, 5) is 43.8. The number of amides is 2. The summed E-state index contributed by atoms with van der Waals surface area (Å²) in [6.07, 6.45) is 1.37. The zero-order valence-electron chi connectivity index (χ0n) is 19.7. The van der Waals surface area contributed by atoms with E-state index in [1.54, 1.807) is 4.90 Å². The van der Waals surface area contributed by atoms with Crippen LogP contribution in [0.3, 0.4) is 0 Å². The molecule has 8 heteroatoms. The van der Waals surface area contributed by atoms with Gasteiger partial charge in [-0.25, -0.2) is 4.79 Å². The van der Waals surface area contributed by atoms with Gasteiger partial charge in [-0.1, -0.05) is 24.3 Å². The zero-order chi connectivity index (χ0) is 23.3. The molecular formula is C24H36N4O4. The number of ether oxygens (including phenoxy) is 1. The predicted octanol–water partition coefficient (Wildman–Crippen LogP) is 1.04. The van der Waals surface area contributed by atoms with Crippen molar-refractivity contribution >= 4 is 17.8 Å². The lowest BCUT2D eigenvalue weighted by molar-refractivity contribution is -0.154. The number of benzene rings is 1. The minimum Gasteiger partial charge on any atom is -0.467 e. The predicted molar refractivity (Wildman–Crippen MR) is 122 cm³/mol. The molecular weight excluding hydrogens is 408 g/mol. The lowest BCUT2D eigenvalue weighted by Gasteiger charge is -2.36. The Morgan fingerprint density at radius 2 is 1.62 bits per heavy atom. The van der Waals surface area contributed by atoms with Crippen molar-refractivity contribution in [3.8, 4) is 0 Å². The SMILES string of the molecule is COC(=O)[C@@H]1Cc2ccccc2CN1C(=O)CN1CCCN(CC(=O)NC(C)(C)C)CC1. The maximum Gasteiger partial charge on any atom is 0.328 e. The Kier molecular flexibility index (Phi) is 7.90. The van der Waals surface area contributed by atoms with E-state index in [1.165, 1.54) is 7.11 Å². The minimum absolute atomic E-state index is 0.0231. The Balaban J connectivity index is 1.58. The fraction of sp³-hybridized carbons (Fsp3) is 0.625. The van der Waals surface area contributed by atoms with Crippen LogP contribution in [0.4, 0.5) is 0 Å². The van der Waals surface area contributed by atoms with Gasteiger partial charge in [0.25, 0.3) is 0 Å². The number of rotatable bonds is 5. The van der Waals surface area contributed by atoms with E-state index in [4.69, 9.17) is 4.74 Å². The molecule has 176 valence electrons. The molecule has 3 rings (SSSR count). The van der Waals surface area contributed by atoms with Gasteiger partial charge in [0, 0.05) is 31.6 Å². The van der Waals surface area contributed by atoms with E-state index >= 15 is 0 Å². The summed E-state index contributed by atoms with van der Waals surface area (Å²) < 4.78 is 4.99. The summed E-state index contributed by atoms with van der Waals surface area (Å²) in [5, 5.41) is 3.00. The lowest BCUT2D eigenvalue weighted by atomic mass is 9.94.